The summed E-state index contributed by atoms with van der Waals surface area (Å²) in [5, 5.41) is 8.52. The molecule has 1 saturated heterocycles. The molecule has 12 heteroatoms. The van der Waals surface area contributed by atoms with Crippen LogP contribution in [0.5, 0.6) is 5.75 Å². The Labute approximate surface area is 234 Å². The zero-order valence-corrected chi connectivity index (χ0v) is 22.2. The minimum absolute atomic E-state index is 0.235. The molecule has 5 rings (SSSR count). The molecule has 0 bridgehead atoms. The highest BCUT2D eigenvalue weighted by molar-refractivity contribution is 6.35. The minimum Gasteiger partial charge on any atom is -0.488 e. The van der Waals surface area contributed by atoms with Crippen LogP contribution in [0.2, 0.25) is 10.0 Å². The lowest BCUT2D eigenvalue weighted by molar-refractivity contribution is 0.122. The third-order valence-electron chi connectivity index (χ3n) is 5.70. The number of nitrogens with zero attached hydrogens (tertiary/aromatic N) is 5. The predicted octanol–water partition coefficient (Wildman–Crippen LogP) is 5.92. The van der Waals surface area contributed by atoms with Crippen LogP contribution < -0.4 is 20.4 Å². The fourth-order valence-corrected chi connectivity index (χ4v) is 4.17. The van der Waals surface area contributed by atoms with Crippen LogP contribution in [0.25, 0.3) is 0 Å². The van der Waals surface area contributed by atoms with Gasteiger partial charge in [-0.2, -0.15) is 20.1 Å². The van der Waals surface area contributed by atoms with Gasteiger partial charge in [0, 0.05) is 39.9 Å². The van der Waals surface area contributed by atoms with Crippen LogP contribution in [0.1, 0.15) is 11.1 Å². The maximum atomic E-state index is 13.3. The largest absolute Gasteiger partial charge is 0.488 e. The van der Waals surface area contributed by atoms with E-state index >= 15 is 0 Å². The lowest BCUT2D eigenvalue weighted by Crippen LogP contribution is -2.37. The summed E-state index contributed by atoms with van der Waals surface area (Å²) in [6, 6.07) is 18.7. The van der Waals surface area contributed by atoms with Crippen LogP contribution in [-0.2, 0) is 11.3 Å². The smallest absolute Gasteiger partial charge is 0.250 e. The zero-order chi connectivity index (χ0) is 27.0. The van der Waals surface area contributed by atoms with Gasteiger partial charge < -0.3 is 19.7 Å². The summed E-state index contributed by atoms with van der Waals surface area (Å²) in [4.78, 5) is 15.5. The molecule has 9 nitrogen and oxygen atoms in total. The molecule has 0 spiro atoms. The van der Waals surface area contributed by atoms with E-state index in [9.17, 15) is 4.39 Å². The molecule has 1 fully saturated rings. The van der Waals surface area contributed by atoms with Gasteiger partial charge in [-0.3, -0.25) is 0 Å². The van der Waals surface area contributed by atoms with Crippen molar-refractivity contribution in [1.29, 1.82) is 0 Å². The van der Waals surface area contributed by atoms with Crippen LogP contribution >= 0.6 is 23.2 Å². The number of hydrogen-bond donors (Lipinski definition) is 2. The standard InChI is InChI=1S/C27H24Cl2FN7O2/c28-20-6-5-19(23(29)15-20)17-39-24-4-2-1-3-18(24)16-31-36-26-33-25(32-22-9-7-21(30)8-10-22)34-27(35-26)37-11-13-38-14-12-37/h1-10,15-16H,11-14,17H2,(H2,32,33,34,35,36)/b31-16-. The second-order valence-corrected chi connectivity index (χ2v) is 9.29. The lowest BCUT2D eigenvalue weighted by Gasteiger charge is -2.27. The number of ether oxygens (including phenoxy) is 2. The Kier molecular flexibility index (Phi) is 8.67. The van der Waals surface area contributed by atoms with Crippen molar-refractivity contribution in [3.63, 3.8) is 0 Å². The first-order valence-corrected chi connectivity index (χ1v) is 12.9. The highest BCUT2D eigenvalue weighted by Gasteiger charge is 2.17. The van der Waals surface area contributed by atoms with E-state index in [1.807, 2.05) is 35.2 Å². The number of para-hydroxylation sites is 1. The Hall–Kier alpha value is -3.99. The average molecular weight is 568 g/mol. The molecule has 3 aromatic carbocycles. The second-order valence-electron chi connectivity index (χ2n) is 8.45. The van der Waals surface area contributed by atoms with E-state index in [1.54, 1.807) is 30.5 Å². The van der Waals surface area contributed by atoms with E-state index in [-0.39, 0.29) is 18.4 Å². The monoisotopic (exact) mass is 567 g/mol. The number of benzene rings is 3. The molecule has 0 unspecified atom stereocenters. The third-order valence-corrected chi connectivity index (χ3v) is 6.29. The molecule has 0 radical (unpaired) electrons. The highest BCUT2D eigenvalue weighted by atomic mass is 35.5. The van der Waals surface area contributed by atoms with Gasteiger partial charge in [0.2, 0.25) is 17.8 Å². The molecule has 2 N–H and O–H groups in total. The summed E-state index contributed by atoms with van der Waals surface area (Å²) < 4.78 is 24.8. The summed E-state index contributed by atoms with van der Waals surface area (Å²) in [7, 11) is 0. The van der Waals surface area contributed by atoms with Crippen molar-refractivity contribution in [2.24, 2.45) is 5.10 Å². The number of rotatable bonds is 9. The Morgan fingerprint density at radius 2 is 1.74 bits per heavy atom. The van der Waals surface area contributed by atoms with E-state index in [0.717, 1.165) is 11.1 Å². The fraction of sp³-hybridized carbons (Fsp3) is 0.185. The summed E-state index contributed by atoms with van der Waals surface area (Å²) in [5.74, 6) is 1.29. The van der Waals surface area contributed by atoms with Crippen LogP contribution in [0.15, 0.2) is 71.8 Å². The van der Waals surface area contributed by atoms with E-state index in [0.29, 0.717) is 59.7 Å². The molecule has 1 aliphatic rings. The third kappa shape index (κ3) is 7.32. The molecule has 4 aromatic rings. The quantitative estimate of drug-likeness (QED) is 0.190. The first-order chi connectivity index (χ1) is 19.0. The van der Waals surface area contributed by atoms with Gasteiger partial charge in [-0.05, 0) is 48.5 Å². The molecule has 0 aliphatic carbocycles. The zero-order valence-electron chi connectivity index (χ0n) is 20.7. The number of hydrogen-bond acceptors (Lipinski definition) is 9. The first kappa shape index (κ1) is 26.6. The number of hydrazone groups is 1. The van der Waals surface area contributed by atoms with Gasteiger partial charge in [0.25, 0.3) is 0 Å². The first-order valence-electron chi connectivity index (χ1n) is 12.1. The van der Waals surface area contributed by atoms with Crippen molar-refractivity contribution < 1.29 is 13.9 Å². The topological polar surface area (TPSA) is 96.8 Å². The van der Waals surface area contributed by atoms with Crippen LogP contribution in [-0.4, -0.2) is 47.5 Å². The molecule has 2 heterocycles. The van der Waals surface area contributed by atoms with Crippen molar-refractivity contribution >= 4 is 52.9 Å². The Morgan fingerprint density at radius 1 is 0.974 bits per heavy atom. The average Bonchev–Trinajstić information content (AvgIpc) is 2.95. The second kappa shape index (κ2) is 12.7. The van der Waals surface area contributed by atoms with E-state index in [2.05, 4.69) is 30.8 Å². The molecule has 1 aromatic heterocycles. The minimum atomic E-state index is -0.331. The van der Waals surface area contributed by atoms with Crippen LogP contribution in [0.3, 0.4) is 0 Å². The molecule has 1 aliphatic heterocycles. The molecule has 0 saturated carbocycles. The molecular formula is C27H24Cl2FN7O2. The summed E-state index contributed by atoms with van der Waals surface area (Å²) in [6.45, 7) is 2.70. The van der Waals surface area contributed by atoms with Gasteiger partial charge in [-0.1, -0.05) is 41.4 Å². The fourth-order valence-electron chi connectivity index (χ4n) is 3.71. The number of halogens is 3. The van der Waals surface area contributed by atoms with E-state index in [4.69, 9.17) is 32.7 Å². The van der Waals surface area contributed by atoms with Crippen molar-refractivity contribution in [1.82, 2.24) is 15.0 Å². The molecule has 0 atom stereocenters. The molecule has 0 amide bonds. The van der Waals surface area contributed by atoms with Gasteiger partial charge in [-0.15, -0.1) is 0 Å². The maximum absolute atomic E-state index is 13.3. The van der Waals surface area contributed by atoms with Crippen LogP contribution in [0, 0.1) is 5.82 Å². The SMILES string of the molecule is Fc1ccc(Nc2nc(N/N=C\c3ccccc3OCc3ccc(Cl)cc3Cl)nc(N3CCOCC3)n2)cc1. The summed E-state index contributed by atoms with van der Waals surface area (Å²) in [6.07, 6.45) is 1.62. The normalized spacial score (nSPS) is 13.5. The van der Waals surface area contributed by atoms with Gasteiger partial charge in [0.05, 0.1) is 19.4 Å². The summed E-state index contributed by atoms with van der Waals surface area (Å²) in [5.41, 5.74) is 5.07. The van der Waals surface area contributed by atoms with Gasteiger partial charge in [0.15, 0.2) is 0 Å². The van der Waals surface area contributed by atoms with Gasteiger partial charge in [-0.25, -0.2) is 9.82 Å². The van der Waals surface area contributed by atoms with Crippen molar-refractivity contribution in [2.75, 3.05) is 41.9 Å². The lowest BCUT2D eigenvalue weighted by atomic mass is 10.2. The number of anilines is 4. The van der Waals surface area contributed by atoms with E-state index in [1.165, 1.54) is 12.1 Å². The number of aromatic nitrogens is 3. The van der Waals surface area contributed by atoms with Crippen molar-refractivity contribution in [3.05, 3.63) is 93.7 Å². The van der Waals surface area contributed by atoms with Crippen molar-refractivity contribution in [2.45, 2.75) is 6.61 Å². The Balaban J connectivity index is 1.32. The number of morpholine rings is 1. The van der Waals surface area contributed by atoms with Gasteiger partial charge >= 0.3 is 0 Å². The predicted molar refractivity (Wildman–Crippen MR) is 151 cm³/mol. The van der Waals surface area contributed by atoms with Gasteiger partial charge in [0.1, 0.15) is 18.2 Å². The van der Waals surface area contributed by atoms with Crippen LogP contribution in [0.4, 0.5) is 27.9 Å². The number of nitrogens with one attached hydrogen (secondary N) is 2. The molecular weight excluding hydrogens is 544 g/mol. The Bertz CT molecular complexity index is 1450. The Morgan fingerprint density at radius 3 is 2.54 bits per heavy atom. The van der Waals surface area contributed by atoms with Crippen molar-refractivity contribution in [3.8, 4) is 5.75 Å². The summed E-state index contributed by atoms with van der Waals surface area (Å²) >= 11 is 12.3. The molecule has 200 valence electrons. The van der Waals surface area contributed by atoms with E-state index < -0.39 is 0 Å². The highest BCUT2D eigenvalue weighted by Crippen LogP contribution is 2.24. The molecule has 39 heavy (non-hydrogen) atoms. The maximum Gasteiger partial charge on any atom is 0.250 e.